The summed E-state index contributed by atoms with van der Waals surface area (Å²) in [6.07, 6.45) is 9.38. The highest BCUT2D eigenvalue weighted by molar-refractivity contribution is 5.14. The number of benzene rings is 1. The lowest BCUT2D eigenvalue weighted by Crippen LogP contribution is -2.55. The minimum Gasteiger partial charge on any atom is -0.311 e. The van der Waals surface area contributed by atoms with E-state index in [0.717, 1.165) is 18.1 Å². The lowest BCUT2D eigenvalue weighted by atomic mass is 9.82. The molecule has 116 valence electrons. The molecule has 2 aliphatic rings. The summed E-state index contributed by atoms with van der Waals surface area (Å²) in [4.78, 5) is 2.65. The van der Waals surface area contributed by atoms with Gasteiger partial charge in [-0.05, 0) is 58.1 Å². The first-order chi connectivity index (χ1) is 10.2. The van der Waals surface area contributed by atoms with Crippen LogP contribution in [0.15, 0.2) is 30.3 Å². The molecular formula is C19H30N2. The van der Waals surface area contributed by atoms with Gasteiger partial charge in [-0.2, -0.15) is 0 Å². The van der Waals surface area contributed by atoms with Gasteiger partial charge in [-0.3, -0.25) is 0 Å². The number of piperidine rings is 2. The smallest absolute Gasteiger partial charge is 0.0110 e. The summed E-state index contributed by atoms with van der Waals surface area (Å²) in [5.74, 6) is 0. The highest BCUT2D eigenvalue weighted by atomic mass is 15.2. The Hall–Kier alpha value is -0.860. The molecule has 0 spiro atoms. The molecule has 2 saturated heterocycles. The molecule has 2 heteroatoms. The maximum Gasteiger partial charge on any atom is 0.0110 e. The molecule has 3 atom stereocenters. The zero-order valence-electron chi connectivity index (χ0n) is 13.6. The van der Waals surface area contributed by atoms with Crippen molar-refractivity contribution in [2.45, 2.75) is 76.0 Å². The largest absolute Gasteiger partial charge is 0.311 e. The Kier molecular flexibility index (Phi) is 4.97. The lowest BCUT2D eigenvalue weighted by molar-refractivity contribution is 0.0461. The monoisotopic (exact) mass is 286 g/mol. The van der Waals surface area contributed by atoms with Crippen molar-refractivity contribution in [3.8, 4) is 0 Å². The van der Waals surface area contributed by atoms with Crippen LogP contribution in [0.3, 0.4) is 0 Å². The second-order valence-corrected chi connectivity index (χ2v) is 7.16. The van der Waals surface area contributed by atoms with Crippen LogP contribution in [0.1, 0.15) is 51.0 Å². The van der Waals surface area contributed by atoms with Gasteiger partial charge in [0.05, 0.1) is 0 Å². The maximum absolute atomic E-state index is 3.91. The number of rotatable bonds is 5. The molecule has 0 aliphatic carbocycles. The van der Waals surface area contributed by atoms with E-state index in [-0.39, 0.29) is 0 Å². The Bertz CT molecular complexity index is 416. The number of hydrogen-bond donors (Lipinski definition) is 1. The first-order valence-electron chi connectivity index (χ1n) is 8.74. The summed E-state index contributed by atoms with van der Waals surface area (Å²) in [6, 6.07) is 13.9. The molecule has 2 aliphatic heterocycles. The number of nitrogens with zero attached hydrogens (tertiary/aromatic N) is 1. The molecule has 1 N–H and O–H groups in total. The minimum atomic E-state index is 0.624. The van der Waals surface area contributed by atoms with Gasteiger partial charge in [0.25, 0.3) is 0 Å². The van der Waals surface area contributed by atoms with Crippen molar-refractivity contribution in [2.24, 2.45) is 0 Å². The van der Waals surface area contributed by atoms with E-state index in [0.29, 0.717) is 6.04 Å². The molecule has 21 heavy (non-hydrogen) atoms. The Morgan fingerprint density at radius 3 is 2.48 bits per heavy atom. The Morgan fingerprint density at radius 1 is 1.14 bits per heavy atom. The summed E-state index contributed by atoms with van der Waals surface area (Å²) < 4.78 is 0. The second-order valence-electron chi connectivity index (χ2n) is 7.16. The van der Waals surface area contributed by atoms with Gasteiger partial charge in [0.2, 0.25) is 0 Å². The maximum atomic E-state index is 3.91. The molecule has 2 bridgehead atoms. The fraction of sp³-hybridized carbons (Fsp3) is 0.684. The predicted octanol–water partition coefficient (Wildman–Crippen LogP) is 3.61. The van der Waals surface area contributed by atoms with Crippen LogP contribution in [0.5, 0.6) is 0 Å². The number of aryl methyl sites for hydroxylation is 1. The molecule has 2 fully saturated rings. The highest BCUT2D eigenvalue weighted by Gasteiger charge is 2.35. The van der Waals surface area contributed by atoms with Crippen LogP contribution >= 0.6 is 0 Å². The standard InChI is InChI=1S/C19H30N2/c1-15(11-12-16-7-4-3-5-8-16)20-17-13-18-9-6-10-19(14-17)21(18)2/h3-5,7-8,15,17-20H,6,9-14H2,1-2H3. The SMILES string of the molecule is CC(CCc1ccccc1)NC1CC2CCCC(C1)N2C. The predicted molar refractivity (Wildman–Crippen MR) is 89.6 cm³/mol. The molecule has 0 saturated carbocycles. The first kappa shape index (κ1) is 15.1. The molecule has 0 radical (unpaired) electrons. The van der Waals surface area contributed by atoms with Gasteiger partial charge >= 0.3 is 0 Å². The van der Waals surface area contributed by atoms with Crippen molar-refractivity contribution in [1.82, 2.24) is 10.2 Å². The summed E-state index contributed by atoms with van der Waals surface area (Å²) >= 11 is 0. The molecule has 1 aromatic rings. The third kappa shape index (κ3) is 3.87. The zero-order valence-corrected chi connectivity index (χ0v) is 13.6. The highest BCUT2D eigenvalue weighted by Crippen LogP contribution is 2.32. The van der Waals surface area contributed by atoms with E-state index in [1.54, 1.807) is 0 Å². The van der Waals surface area contributed by atoms with Crippen LogP contribution in [0.25, 0.3) is 0 Å². The summed E-state index contributed by atoms with van der Waals surface area (Å²) in [5, 5.41) is 3.91. The average Bonchev–Trinajstić information content (AvgIpc) is 2.47. The number of fused-ring (bicyclic) bond motifs is 2. The third-order valence-corrected chi connectivity index (χ3v) is 5.57. The van der Waals surface area contributed by atoms with Gasteiger partial charge in [0.15, 0.2) is 0 Å². The molecule has 3 unspecified atom stereocenters. The van der Waals surface area contributed by atoms with Crippen molar-refractivity contribution in [3.05, 3.63) is 35.9 Å². The molecule has 2 heterocycles. The van der Waals surface area contributed by atoms with E-state index < -0.39 is 0 Å². The van der Waals surface area contributed by atoms with Gasteiger partial charge in [0.1, 0.15) is 0 Å². The van der Waals surface area contributed by atoms with Crippen molar-refractivity contribution in [3.63, 3.8) is 0 Å². The van der Waals surface area contributed by atoms with Crippen molar-refractivity contribution >= 4 is 0 Å². The van der Waals surface area contributed by atoms with Crippen LogP contribution < -0.4 is 5.32 Å². The van der Waals surface area contributed by atoms with Crippen molar-refractivity contribution in [2.75, 3.05) is 7.05 Å². The Morgan fingerprint density at radius 2 is 1.81 bits per heavy atom. The summed E-state index contributed by atoms with van der Waals surface area (Å²) in [5.41, 5.74) is 1.46. The molecule has 2 nitrogen and oxygen atoms in total. The van der Waals surface area contributed by atoms with Gasteiger partial charge in [-0.25, -0.2) is 0 Å². The third-order valence-electron chi connectivity index (χ3n) is 5.57. The van der Waals surface area contributed by atoms with Gasteiger partial charge in [-0.1, -0.05) is 36.8 Å². The first-order valence-corrected chi connectivity index (χ1v) is 8.74. The average molecular weight is 286 g/mol. The zero-order chi connectivity index (χ0) is 14.7. The molecule has 1 aromatic carbocycles. The van der Waals surface area contributed by atoms with Crippen LogP contribution in [-0.4, -0.2) is 36.1 Å². The number of nitrogens with one attached hydrogen (secondary N) is 1. The van der Waals surface area contributed by atoms with E-state index >= 15 is 0 Å². The van der Waals surface area contributed by atoms with E-state index in [9.17, 15) is 0 Å². The Labute approximate surface area is 129 Å². The molecular weight excluding hydrogens is 256 g/mol. The summed E-state index contributed by atoms with van der Waals surface area (Å²) in [6.45, 7) is 2.36. The van der Waals surface area contributed by atoms with E-state index in [1.807, 2.05) is 0 Å². The normalized spacial score (nSPS) is 31.0. The summed E-state index contributed by atoms with van der Waals surface area (Å²) in [7, 11) is 2.34. The van der Waals surface area contributed by atoms with Crippen LogP contribution in [-0.2, 0) is 6.42 Å². The van der Waals surface area contributed by atoms with E-state index in [2.05, 4.69) is 54.5 Å². The fourth-order valence-corrected chi connectivity index (χ4v) is 4.27. The molecule has 0 amide bonds. The minimum absolute atomic E-state index is 0.624. The topological polar surface area (TPSA) is 15.3 Å². The molecule has 3 rings (SSSR count). The van der Waals surface area contributed by atoms with Gasteiger partial charge < -0.3 is 10.2 Å². The molecule has 0 aromatic heterocycles. The fourth-order valence-electron chi connectivity index (χ4n) is 4.27. The number of hydrogen-bond acceptors (Lipinski definition) is 2. The Balaban J connectivity index is 1.46. The lowest BCUT2D eigenvalue weighted by Gasteiger charge is -2.47. The van der Waals surface area contributed by atoms with Crippen LogP contribution in [0, 0.1) is 0 Å². The van der Waals surface area contributed by atoms with Gasteiger partial charge in [-0.15, -0.1) is 0 Å². The second kappa shape index (κ2) is 6.93. The van der Waals surface area contributed by atoms with Gasteiger partial charge in [0, 0.05) is 24.2 Å². The van der Waals surface area contributed by atoms with Crippen LogP contribution in [0.2, 0.25) is 0 Å². The van der Waals surface area contributed by atoms with E-state index in [4.69, 9.17) is 0 Å². The quantitative estimate of drug-likeness (QED) is 0.889. The van der Waals surface area contributed by atoms with Crippen molar-refractivity contribution < 1.29 is 0 Å². The van der Waals surface area contributed by atoms with Crippen molar-refractivity contribution in [1.29, 1.82) is 0 Å². The van der Waals surface area contributed by atoms with E-state index in [1.165, 1.54) is 50.5 Å². The van der Waals surface area contributed by atoms with Crippen LogP contribution in [0.4, 0.5) is 0 Å².